The first-order valence-corrected chi connectivity index (χ1v) is 7.21. The Bertz CT molecular complexity index is 508. The Labute approximate surface area is 120 Å². The van der Waals surface area contributed by atoms with Crippen molar-refractivity contribution in [1.29, 1.82) is 0 Å². The number of hydrogen-bond acceptors (Lipinski definition) is 3. The first kappa shape index (κ1) is 14.6. The summed E-state index contributed by atoms with van der Waals surface area (Å²) in [5.41, 5.74) is 2.37. The fourth-order valence-corrected chi connectivity index (χ4v) is 2.19. The fraction of sp³-hybridized carbons (Fsp3) is 0.438. The van der Waals surface area contributed by atoms with Gasteiger partial charge in [0.2, 0.25) is 0 Å². The molecule has 1 N–H and O–H groups in total. The summed E-state index contributed by atoms with van der Waals surface area (Å²) >= 11 is 0. The van der Waals surface area contributed by atoms with Crippen LogP contribution in [0.4, 0.5) is 0 Å². The predicted octanol–water partition coefficient (Wildman–Crippen LogP) is 3.16. The number of methoxy groups -OCH3 is 1. The molecule has 1 aromatic carbocycles. The Hall–Kier alpha value is -1.81. The van der Waals surface area contributed by atoms with Crippen LogP contribution in [0.25, 0.3) is 5.69 Å². The van der Waals surface area contributed by atoms with Gasteiger partial charge in [0.25, 0.3) is 0 Å². The summed E-state index contributed by atoms with van der Waals surface area (Å²) in [6, 6.07) is 6.16. The van der Waals surface area contributed by atoms with Gasteiger partial charge in [0.15, 0.2) is 0 Å². The molecule has 0 atom stereocenters. The second-order valence-corrected chi connectivity index (χ2v) is 4.85. The summed E-state index contributed by atoms with van der Waals surface area (Å²) in [7, 11) is 1.69. The van der Waals surface area contributed by atoms with Gasteiger partial charge in [-0.15, -0.1) is 0 Å². The smallest absolute Gasteiger partial charge is 0.120 e. The van der Waals surface area contributed by atoms with Gasteiger partial charge in [-0.1, -0.05) is 25.8 Å². The standard InChI is InChI=1S/C16H23N3O/c1-3-4-5-8-17-12-14-6-7-15(20-2)11-16(14)19-10-9-18-13-19/h6-7,9-11,13,17H,3-5,8,12H2,1-2H3. The molecule has 0 bridgehead atoms. The molecular formula is C16H23N3O. The van der Waals surface area contributed by atoms with E-state index in [1.165, 1.54) is 24.8 Å². The molecule has 1 heterocycles. The summed E-state index contributed by atoms with van der Waals surface area (Å²) in [6.45, 7) is 4.14. The van der Waals surface area contributed by atoms with Crippen LogP contribution in [0.1, 0.15) is 31.7 Å². The maximum atomic E-state index is 5.31. The van der Waals surface area contributed by atoms with Gasteiger partial charge in [-0.05, 0) is 24.6 Å². The minimum atomic E-state index is 0.862. The van der Waals surface area contributed by atoms with E-state index in [0.29, 0.717) is 0 Å². The van der Waals surface area contributed by atoms with Crippen molar-refractivity contribution in [3.8, 4) is 11.4 Å². The van der Waals surface area contributed by atoms with Gasteiger partial charge in [-0.2, -0.15) is 0 Å². The highest BCUT2D eigenvalue weighted by Crippen LogP contribution is 2.21. The third-order valence-corrected chi connectivity index (χ3v) is 3.35. The zero-order chi connectivity index (χ0) is 14.2. The summed E-state index contributed by atoms with van der Waals surface area (Å²) < 4.78 is 7.33. The summed E-state index contributed by atoms with van der Waals surface area (Å²) in [4.78, 5) is 4.12. The minimum absolute atomic E-state index is 0.862. The molecule has 0 unspecified atom stereocenters. The molecule has 2 rings (SSSR count). The number of unbranched alkanes of at least 4 members (excludes halogenated alkanes) is 2. The fourth-order valence-electron chi connectivity index (χ4n) is 2.19. The number of benzene rings is 1. The van der Waals surface area contributed by atoms with E-state index in [2.05, 4.69) is 23.3 Å². The largest absolute Gasteiger partial charge is 0.497 e. The van der Waals surface area contributed by atoms with Gasteiger partial charge < -0.3 is 14.6 Å². The molecule has 1 aromatic heterocycles. The van der Waals surface area contributed by atoms with Crippen molar-refractivity contribution in [2.45, 2.75) is 32.7 Å². The Morgan fingerprint density at radius 1 is 1.30 bits per heavy atom. The maximum Gasteiger partial charge on any atom is 0.120 e. The van der Waals surface area contributed by atoms with Crippen molar-refractivity contribution in [1.82, 2.24) is 14.9 Å². The monoisotopic (exact) mass is 273 g/mol. The molecule has 0 aliphatic heterocycles. The first-order chi connectivity index (χ1) is 9.85. The van der Waals surface area contributed by atoms with E-state index < -0.39 is 0 Å². The quantitative estimate of drug-likeness (QED) is 0.751. The summed E-state index contributed by atoms with van der Waals surface area (Å²) in [5.74, 6) is 0.864. The van der Waals surface area contributed by atoms with Crippen LogP contribution in [0.15, 0.2) is 36.9 Å². The molecule has 4 nitrogen and oxygen atoms in total. The van der Waals surface area contributed by atoms with E-state index in [1.807, 2.05) is 29.2 Å². The van der Waals surface area contributed by atoms with Crippen LogP contribution in [-0.4, -0.2) is 23.2 Å². The molecule has 0 saturated carbocycles. The highest BCUT2D eigenvalue weighted by Gasteiger charge is 2.06. The van der Waals surface area contributed by atoms with Crippen LogP contribution >= 0.6 is 0 Å². The third-order valence-electron chi connectivity index (χ3n) is 3.35. The van der Waals surface area contributed by atoms with Gasteiger partial charge in [-0.3, -0.25) is 0 Å². The number of imidazole rings is 1. The molecule has 108 valence electrons. The molecule has 0 saturated heterocycles. The molecule has 0 aliphatic rings. The second kappa shape index (κ2) is 7.70. The molecular weight excluding hydrogens is 250 g/mol. The van der Waals surface area contributed by atoms with E-state index in [4.69, 9.17) is 4.74 Å². The van der Waals surface area contributed by atoms with E-state index in [9.17, 15) is 0 Å². The van der Waals surface area contributed by atoms with Crippen molar-refractivity contribution in [3.63, 3.8) is 0 Å². The SMILES string of the molecule is CCCCCNCc1ccc(OC)cc1-n1ccnc1. The van der Waals surface area contributed by atoms with E-state index in [-0.39, 0.29) is 0 Å². The van der Waals surface area contributed by atoms with Gasteiger partial charge in [-0.25, -0.2) is 4.98 Å². The lowest BCUT2D eigenvalue weighted by molar-refractivity contribution is 0.414. The molecule has 0 amide bonds. The normalized spacial score (nSPS) is 10.7. The molecule has 2 aromatic rings. The lowest BCUT2D eigenvalue weighted by atomic mass is 10.1. The third kappa shape index (κ3) is 3.84. The average molecular weight is 273 g/mol. The van der Waals surface area contributed by atoms with Gasteiger partial charge in [0.1, 0.15) is 5.75 Å². The van der Waals surface area contributed by atoms with E-state index in [1.54, 1.807) is 13.3 Å². The van der Waals surface area contributed by atoms with Crippen LogP contribution in [0.5, 0.6) is 5.75 Å². The number of aromatic nitrogens is 2. The van der Waals surface area contributed by atoms with Crippen LogP contribution in [-0.2, 0) is 6.54 Å². The number of nitrogens with zero attached hydrogens (tertiary/aromatic N) is 2. The molecule has 20 heavy (non-hydrogen) atoms. The zero-order valence-corrected chi connectivity index (χ0v) is 12.3. The molecule has 0 aliphatic carbocycles. The number of nitrogens with one attached hydrogen (secondary N) is 1. The van der Waals surface area contributed by atoms with Gasteiger partial charge in [0.05, 0.1) is 19.1 Å². The Kier molecular flexibility index (Phi) is 5.62. The minimum Gasteiger partial charge on any atom is -0.497 e. The summed E-state index contributed by atoms with van der Waals surface area (Å²) in [5, 5.41) is 3.50. The van der Waals surface area contributed by atoms with Crippen molar-refractivity contribution in [2.24, 2.45) is 0 Å². The highest BCUT2D eigenvalue weighted by atomic mass is 16.5. The molecule has 0 spiro atoms. The molecule has 0 radical (unpaired) electrons. The van der Waals surface area contributed by atoms with Crippen LogP contribution in [0, 0.1) is 0 Å². The Balaban J connectivity index is 2.07. The average Bonchev–Trinajstić information content (AvgIpc) is 3.01. The topological polar surface area (TPSA) is 39.1 Å². The zero-order valence-electron chi connectivity index (χ0n) is 12.3. The lowest BCUT2D eigenvalue weighted by Crippen LogP contribution is -2.16. The predicted molar refractivity (Wildman–Crippen MR) is 81.3 cm³/mol. The van der Waals surface area contributed by atoms with Crippen LogP contribution < -0.4 is 10.1 Å². The molecule has 0 fully saturated rings. The number of rotatable bonds is 8. The molecule has 4 heteroatoms. The van der Waals surface area contributed by atoms with Crippen LogP contribution in [0.2, 0.25) is 0 Å². The Morgan fingerprint density at radius 2 is 2.20 bits per heavy atom. The number of hydrogen-bond donors (Lipinski definition) is 1. The van der Waals surface area contributed by atoms with Crippen molar-refractivity contribution in [3.05, 3.63) is 42.5 Å². The van der Waals surface area contributed by atoms with E-state index >= 15 is 0 Å². The van der Waals surface area contributed by atoms with E-state index in [0.717, 1.165) is 24.5 Å². The first-order valence-electron chi connectivity index (χ1n) is 7.21. The highest BCUT2D eigenvalue weighted by molar-refractivity contribution is 5.46. The Morgan fingerprint density at radius 3 is 2.90 bits per heavy atom. The number of ether oxygens (including phenoxy) is 1. The van der Waals surface area contributed by atoms with Crippen LogP contribution in [0.3, 0.4) is 0 Å². The maximum absolute atomic E-state index is 5.31. The van der Waals surface area contributed by atoms with Gasteiger partial charge >= 0.3 is 0 Å². The lowest BCUT2D eigenvalue weighted by Gasteiger charge is -2.13. The van der Waals surface area contributed by atoms with Gasteiger partial charge in [0, 0.05) is 25.0 Å². The van der Waals surface area contributed by atoms with Crippen molar-refractivity contribution in [2.75, 3.05) is 13.7 Å². The van der Waals surface area contributed by atoms with Crippen molar-refractivity contribution >= 4 is 0 Å². The van der Waals surface area contributed by atoms with Crippen molar-refractivity contribution < 1.29 is 4.74 Å². The second-order valence-electron chi connectivity index (χ2n) is 4.85. The summed E-state index contributed by atoms with van der Waals surface area (Å²) in [6.07, 6.45) is 9.32.